The van der Waals surface area contributed by atoms with Gasteiger partial charge in [0.2, 0.25) is 0 Å². The summed E-state index contributed by atoms with van der Waals surface area (Å²) in [7, 11) is 0. The number of fused-ring (bicyclic) bond motifs is 11. The van der Waals surface area contributed by atoms with Gasteiger partial charge in [0.15, 0.2) is 5.58 Å². The molecule has 2 aromatic heterocycles. The molecule has 0 radical (unpaired) electrons. The van der Waals surface area contributed by atoms with Crippen LogP contribution < -0.4 is 30.9 Å². The maximum absolute atomic E-state index is 7.40. The highest BCUT2D eigenvalue weighted by atomic mass is 16.5. The summed E-state index contributed by atoms with van der Waals surface area (Å²) in [4.78, 5) is 4.91. The largest absolute Gasteiger partial charge is 0.458 e. The molecule has 6 heteroatoms. The highest BCUT2D eigenvalue weighted by Crippen LogP contribution is 2.51. The zero-order valence-electron chi connectivity index (χ0n) is 42.6. The molecule has 2 aliphatic rings. The van der Waals surface area contributed by atoms with Crippen molar-refractivity contribution in [1.29, 1.82) is 0 Å². The minimum Gasteiger partial charge on any atom is -0.458 e. The van der Waals surface area contributed by atoms with Gasteiger partial charge in [-0.3, -0.25) is 0 Å². The van der Waals surface area contributed by atoms with Gasteiger partial charge in [0.05, 0.1) is 11.1 Å². The molecule has 70 heavy (non-hydrogen) atoms. The van der Waals surface area contributed by atoms with E-state index in [1.54, 1.807) is 0 Å². The molecule has 0 aliphatic carbocycles. The maximum atomic E-state index is 7.40. The second-order valence-electron chi connectivity index (χ2n) is 23.9. The molecule has 8 aromatic carbocycles. The number of ether oxygens (including phenoxy) is 1. The molecule has 0 saturated heterocycles. The molecule has 0 atom stereocenters. The summed E-state index contributed by atoms with van der Waals surface area (Å²) in [5.41, 5.74) is 18.0. The highest BCUT2D eigenvalue weighted by Gasteiger charge is 2.45. The predicted octanol–water partition coefficient (Wildman–Crippen LogP) is 16.6. The van der Waals surface area contributed by atoms with Gasteiger partial charge in [-0.05, 0) is 133 Å². The third kappa shape index (κ3) is 6.96. The first-order valence-electron chi connectivity index (χ1n) is 24.9. The van der Waals surface area contributed by atoms with Gasteiger partial charge in [-0.2, -0.15) is 0 Å². The van der Waals surface area contributed by atoms with Gasteiger partial charge in [0, 0.05) is 44.6 Å². The zero-order valence-corrected chi connectivity index (χ0v) is 42.6. The molecular formula is C64H61BN2O3. The van der Waals surface area contributed by atoms with Crippen molar-refractivity contribution in [3.63, 3.8) is 0 Å². The molecule has 0 N–H and O–H groups in total. The van der Waals surface area contributed by atoms with Crippen LogP contribution in [0.3, 0.4) is 0 Å². The summed E-state index contributed by atoms with van der Waals surface area (Å²) in [5, 5.41) is 4.20. The van der Waals surface area contributed by atoms with Crippen molar-refractivity contribution in [3.8, 4) is 11.5 Å². The molecule has 2 aliphatic heterocycles. The van der Waals surface area contributed by atoms with Crippen LogP contribution in [0.4, 0.5) is 34.1 Å². The molecule has 5 nitrogen and oxygen atoms in total. The van der Waals surface area contributed by atoms with Crippen LogP contribution in [0.25, 0.3) is 43.9 Å². The van der Waals surface area contributed by atoms with E-state index in [1.807, 2.05) is 12.1 Å². The summed E-state index contributed by atoms with van der Waals surface area (Å²) < 4.78 is 21.0. The zero-order chi connectivity index (χ0) is 48.8. The van der Waals surface area contributed by atoms with Crippen LogP contribution in [0.15, 0.2) is 160 Å². The van der Waals surface area contributed by atoms with Crippen LogP contribution in [0.2, 0.25) is 0 Å². The van der Waals surface area contributed by atoms with E-state index in [1.165, 1.54) is 27.7 Å². The fourth-order valence-electron chi connectivity index (χ4n) is 10.9. The van der Waals surface area contributed by atoms with E-state index in [0.29, 0.717) is 0 Å². The van der Waals surface area contributed by atoms with Gasteiger partial charge in [0.25, 0.3) is 6.71 Å². The Morgan fingerprint density at radius 3 is 1.60 bits per heavy atom. The number of hydrogen-bond donors (Lipinski definition) is 0. The molecule has 0 spiro atoms. The lowest BCUT2D eigenvalue weighted by Gasteiger charge is -2.42. The molecule has 12 rings (SSSR count). The molecule has 0 saturated carbocycles. The van der Waals surface area contributed by atoms with Gasteiger partial charge in [0.1, 0.15) is 28.2 Å². The number of anilines is 6. The first-order chi connectivity index (χ1) is 33.2. The Morgan fingerprint density at radius 1 is 0.414 bits per heavy atom. The standard InChI is InChI=1S/C64H61BN2O3/c1-61(2,3)38-21-26-42(27-22-38)66(43-28-23-39(24-29-43)62(4,5)6)44-36-47-45-17-13-15-19-53(45)69-59(47)52(37-44)67-50-31-25-40(63(7,8)9)33-49(50)65-48-30-32-55-57(46-18-14-16-20-54(46)68-55)60(48)70-56-35-41(64(10,11)12)34-51(67)58(56)65/h13-37H,1-12H3. The van der Waals surface area contributed by atoms with E-state index in [2.05, 4.69) is 232 Å². The molecule has 0 fully saturated rings. The monoisotopic (exact) mass is 916 g/mol. The fraction of sp³-hybridized carbons (Fsp3) is 0.250. The van der Waals surface area contributed by atoms with Crippen LogP contribution in [0.5, 0.6) is 11.5 Å². The third-order valence-corrected chi connectivity index (χ3v) is 14.9. The molecule has 0 amide bonds. The number of nitrogens with zero attached hydrogens (tertiary/aromatic N) is 2. The topological polar surface area (TPSA) is 42.0 Å². The van der Waals surface area contributed by atoms with Crippen molar-refractivity contribution in [1.82, 2.24) is 0 Å². The quantitative estimate of drug-likeness (QED) is 0.165. The number of benzene rings is 8. The first-order valence-corrected chi connectivity index (χ1v) is 24.9. The lowest BCUT2D eigenvalue weighted by Crippen LogP contribution is -2.59. The Kier molecular flexibility index (Phi) is 9.54. The van der Waals surface area contributed by atoms with Crippen LogP contribution >= 0.6 is 0 Å². The van der Waals surface area contributed by atoms with Crippen LogP contribution in [-0.2, 0) is 21.7 Å². The van der Waals surface area contributed by atoms with E-state index in [9.17, 15) is 0 Å². The molecule has 348 valence electrons. The van der Waals surface area contributed by atoms with Gasteiger partial charge < -0.3 is 23.4 Å². The lowest BCUT2D eigenvalue weighted by molar-refractivity contribution is 0.488. The normalized spacial score (nSPS) is 13.8. The van der Waals surface area contributed by atoms with Crippen molar-refractivity contribution in [2.45, 2.75) is 105 Å². The van der Waals surface area contributed by atoms with E-state index < -0.39 is 0 Å². The number of para-hydroxylation sites is 2. The average molecular weight is 917 g/mol. The third-order valence-electron chi connectivity index (χ3n) is 14.9. The van der Waals surface area contributed by atoms with Crippen LogP contribution in [0, 0.1) is 0 Å². The van der Waals surface area contributed by atoms with E-state index in [-0.39, 0.29) is 28.4 Å². The lowest BCUT2D eigenvalue weighted by atomic mass is 9.34. The van der Waals surface area contributed by atoms with Crippen molar-refractivity contribution in [2.24, 2.45) is 0 Å². The van der Waals surface area contributed by atoms with Crippen molar-refractivity contribution in [2.75, 3.05) is 9.80 Å². The average Bonchev–Trinajstić information content (AvgIpc) is 3.89. The van der Waals surface area contributed by atoms with E-state index in [4.69, 9.17) is 13.6 Å². The second-order valence-corrected chi connectivity index (χ2v) is 23.9. The SMILES string of the molecule is CC(C)(C)c1ccc(N(c2ccc(C(C)(C)C)cc2)c2cc(N3c4ccc(C(C)(C)C)cc4B4c5ccc6oc7ccccc7c6c5Oc5cc(C(C)(C)C)cc3c54)c3oc4ccccc4c3c2)cc1. The minimum atomic E-state index is -0.202. The number of hydrogen-bond acceptors (Lipinski definition) is 5. The smallest absolute Gasteiger partial charge is 0.256 e. The fourth-order valence-corrected chi connectivity index (χ4v) is 10.9. The minimum absolute atomic E-state index is 0.00907. The maximum Gasteiger partial charge on any atom is 0.256 e. The van der Waals surface area contributed by atoms with Crippen LogP contribution in [0.1, 0.15) is 105 Å². The Hall–Kier alpha value is -7.18. The number of furan rings is 2. The predicted molar refractivity (Wildman–Crippen MR) is 296 cm³/mol. The van der Waals surface area contributed by atoms with Crippen molar-refractivity contribution in [3.05, 3.63) is 174 Å². The summed E-state index contributed by atoms with van der Waals surface area (Å²) in [6, 6.07) is 56.0. The Balaban J connectivity index is 1.18. The summed E-state index contributed by atoms with van der Waals surface area (Å²) >= 11 is 0. The molecule has 4 heterocycles. The van der Waals surface area contributed by atoms with Gasteiger partial charge in [-0.1, -0.05) is 162 Å². The molecule has 0 bridgehead atoms. The second kappa shape index (κ2) is 15.2. The molecule has 10 aromatic rings. The highest BCUT2D eigenvalue weighted by molar-refractivity contribution is 6.99. The summed E-state index contributed by atoms with van der Waals surface area (Å²) in [6.45, 7) is 27.3. The Morgan fingerprint density at radius 2 is 0.986 bits per heavy atom. The Bertz CT molecular complexity index is 3680. The Labute approximate surface area is 412 Å². The summed E-state index contributed by atoms with van der Waals surface area (Å²) in [6.07, 6.45) is 0. The summed E-state index contributed by atoms with van der Waals surface area (Å²) in [5.74, 6) is 1.73. The van der Waals surface area contributed by atoms with Gasteiger partial charge in [-0.15, -0.1) is 0 Å². The van der Waals surface area contributed by atoms with Gasteiger partial charge in [-0.25, -0.2) is 0 Å². The van der Waals surface area contributed by atoms with Crippen LogP contribution in [-0.4, -0.2) is 6.71 Å². The van der Waals surface area contributed by atoms with Crippen molar-refractivity contribution < 1.29 is 13.6 Å². The van der Waals surface area contributed by atoms with E-state index >= 15 is 0 Å². The molecular weight excluding hydrogens is 856 g/mol. The first kappa shape index (κ1) is 44.1. The van der Waals surface area contributed by atoms with Crippen molar-refractivity contribution >= 4 is 101 Å². The van der Waals surface area contributed by atoms with Gasteiger partial charge >= 0.3 is 0 Å². The number of rotatable bonds is 4. The van der Waals surface area contributed by atoms with E-state index in [0.717, 1.165) is 100 Å². The molecule has 0 unspecified atom stereocenters.